The highest BCUT2D eigenvalue weighted by atomic mass is 127. The smallest absolute Gasteiger partial charge is 0.0479 e. The molecular formula is C8H15IOS. The predicted octanol–water partition coefficient (Wildman–Crippen LogP) is 2.72. The summed E-state index contributed by atoms with van der Waals surface area (Å²) < 4.78 is 6.61. The van der Waals surface area contributed by atoms with E-state index in [0.717, 1.165) is 17.1 Å². The molecule has 1 atom stereocenters. The molecule has 0 bridgehead atoms. The van der Waals surface area contributed by atoms with E-state index in [1.807, 2.05) is 11.8 Å². The first-order valence-corrected chi connectivity index (χ1v) is 6.45. The van der Waals surface area contributed by atoms with Crippen LogP contribution in [-0.4, -0.2) is 28.1 Å². The van der Waals surface area contributed by atoms with Crippen molar-refractivity contribution in [2.75, 3.05) is 19.5 Å². The minimum absolute atomic E-state index is 0.499. The molecule has 1 heterocycles. The molecule has 1 fully saturated rings. The van der Waals surface area contributed by atoms with Gasteiger partial charge in [-0.2, -0.15) is 11.8 Å². The van der Waals surface area contributed by atoms with E-state index in [9.17, 15) is 0 Å². The van der Waals surface area contributed by atoms with Crippen molar-refractivity contribution in [3.63, 3.8) is 0 Å². The van der Waals surface area contributed by atoms with Crippen LogP contribution in [0.3, 0.4) is 0 Å². The number of hydrogen-bond donors (Lipinski definition) is 0. The molecule has 0 aromatic heterocycles. The molecule has 1 nitrogen and oxygen atoms in total. The minimum Gasteiger partial charge on any atom is -0.381 e. The van der Waals surface area contributed by atoms with Crippen LogP contribution in [0.1, 0.15) is 19.8 Å². The van der Waals surface area contributed by atoms with E-state index in [0.29, 0.717) is 4.75 Å². The first-order chi connectivity index (χ1) is 5.21. The summed E-state index contributed by atoms with van der Waals surface area (Å²) in [6, 6.07) is 0. The van der Waals surface area contributed by atoms with E-state index in [2.05, 4.69) is 35.8 Å². The molecule has 0 saturated carbocycles. The van der Waals surface area contributed by atoms with E-state index in [4.69, 9.17) is 4.74 Å². The number of ether oxygens (including phenoxy) is 1. The van der Waals surface area contributed by atoms with Crippen molar-refractivity contribution >= 4 is 34.4 Å². The molecule has 0 aromatic carbocycles. The number of rotatable bonds is 2. The lowest BCUT2D eigenvalue weighted by Gasteiger charge is -2.38. The Labute approximate surface area is 86.8 Å². The molecule has 1 aliphatic rings. The van der Waals surface area contributed by atoms with Gasteiger partial charge >= 0.3 is 0 Å². The van der Waals surface area contributed by atoms with Gasteiger partial charge in [-0.3, -0.25) is 0 Å². The van der Waals surface area contributed by atoms with E-state index in [-0.39, 0.29) is 0 Å². The molecule has 1 rings (SSSR count). The van der Waals surface area contributed by atoms with Gasteiger partial charge in [0, 0.05) is 21.9 Å². The van der Waals surface area contributed by atoms with E-state index in [1.165, 1.54) is 12.8 Å². The third-order valence-corrected chi connectivity index (χ3v) is 5.66. The molecule has 0 aromatic rings. The summed E-state index contributed by atoms with van der Waals surface area (Å²) in [6.45, 7) is 4.21. The van der Waals surface area contributed by atoms with Crippen LogP contribution >= 0.6 is 34.4 Å². The van der Waals surface area contributed by atoms with Crippen LogP contribution in [0.15, 0.2) is 0 Å². The van der Waals surface area contributed by atoms with Gasteiger partial charge in [0.05, 0.1) is 0 Å². The summed E-state index contributed by atoms with van der Waals surface area (Å²) in [5.41, 5.74) is 0. The van der Waals surface area contributed by atoms with Gasteiger partial charge < -0.3 is 4.74 Å². The fraction of sp³-hybridized carbons (Fsp3) is 1.00. The van der Waals surface area contributed by atoms with Gasteiger partial charge in [-0.15, -0.1) is 0 Å². The lowest BCUT2D eigenvalue weighted by Crippen LogP contribution is -2.39. The maximum absolute atomic E-state index is 5.36. The Bertz CT molecular complexity index is 121. The molecule has 0 N–H and O–H groups in total. The molecule has 0 amide bonds. The Kier molecular flexibility index (Phi) is 3.98. The maximum Gasteiger partial charge on any atom is 0.0479 e. The standard InChI is InChI=1S/C8H15IOS/c1-7(9)8(11-2)3-5-10-6-4-8/h7H,3-6H2,1-2H3. The van der Waals surface area contributed by atoms with Crippen molar-refractivity contribution in [3.05, 3.63) is 0 Å². The van der Waals surface area contributed by atoms with Gasteiger partial charge in [-0.1, -0.05) is 29.5 Å². The Balaban J connectivity index is 2.57. The quantitative estimate of drug-likeness (QED) is 0.570. The summed E-state index contributed by atoms with van der Waals surface area (Å²) >= 11 is 4.55. The summed E-state index contributed by atoms with van der Waals surface area (Å²) in [7, 11) is 0. The van der Waals surface area contributed by atoms with Gasteiger partial charge in [0.1, 0.15) is 0 Å². The fourth-order valence-corrected chi connectivity index (χ4v) is 3.77. The third-order valence-electron chi connectivity index (χ3n) is 2.47. The van der Waals surface area contributed by atoms with Gasteiger partial charge in [0.25, 0.3) is 0 Å². The van der Waals surface area contributed by atoms with Crippen molar-refractivity contribution in [1.82, 2.24) is 0 Å². The first-order valence-electron chi connectivity index (χ1n) is 3.98. The van der Waals surface area contributed by atoms with Crippen LogP contribution in [0.5, 0.6) is 0 Å². The van der Waals surface area contributed by atoms with Gasteiger partial charge in [-0.05, 0) is 19.1 Å². The van der Waals surface area contributed by atoms with Crippen LogP contribution in [-0.2, 0) is 4.74 Å². The Hall–Kier alpha value is 1.04. The van der Waals surface area contributed by atoms with Crippen molar-refractivity contribution < 1.29 is 4.74 Å². The van der Waals surface area contributed by atoms with Crippen LogP contribution in [0, 0.1) is 0 Å². The summed E-state index contributed by atoms with van der Waals surface area (Å²) in [6.07, 6.45) is 4.66. The van der Waals surface area contributed by atoms with Crippen molar-refractivity contribution in [3.8, 4) is 0 Å². The minimum atomic E-state index is 0.499. The monoisotopic (exact) mass is 286 g/mol. The molecule has 66 valence electrons. The van der Waals surface area contributed by atoms with Crippen LogP contribution < -0.4 is 0 Å². The highest BCUT2D eigenvalue weighted by Gasteiger charge is 2.35. The van der Waals surface area contributed by atoms with Crippen molar-refractivity contribution in [2.24, 2.45) is 0 Å². The SMILES string of the molecule is CSC1(C(C)I)CCOCC1. The Morgan fingerprint density at radius 3 is 2.27 bits per heavy atom. The summed E-state index contributed by atoms with van der Waals surface area (Å²) in [5, 5.41) is 0. The zero-order valence-electron chi connectivity index (χ0n) is 7.10. The molecule has 0 radical (unpaired) electrons. The summed E-state index contributed by atoms with van der Waals surface area (Å²) in [4.78, 5) is 0. The summed E-state index contributed by atoms with van der Waals surface area (Å²) in [5.74, 6) is 0. The molecule has 0 aliphatic carbocycles. The molecule has 0 spiro atoms. The van der Waals surface area contributed by atoms with Crippen LogP contribution in [0.2, 0.25) is 0 Å². The second-order valence-corrected chi connectivity index (χ2v) is 6.09. The average Bonchev–Trinajstić information content (AvgIpc) is 2.05. The zero-order chi connectivity index (χ0) is 8.32. The van der Waals surface area contributed by atoms with Gasteiger partial charge in [-0.25, -0.2) is 0 Å². The van der Waals surface area contributed by atoms with Gasteiger partial charge in [0.2, 0.25) is 0 Å². The van der Waals surface area contributed by atoms with Crippen LogP contribution in [0.4, 0.5) is 0 Å². The Morgan fingerprint density at radius 2 is 2.00 bits per heavy atom. The molecule has 1 aliphatic heterocycles. The number of alkyl halides is 1. The number of halogens is 1. The normalized spacial score (nSPS) is 26.5. The van der Waals surface area contributed by atoms with E-state index in [1.54, 1.807) is 0 Å². The topological polar surface area (TPSA) is 9.23 Å². The van der Waals surface area contributed by atoms with Crippen molar-refractivity contribution in [2.45, 2.75) is 28.4 Å². The molecule has 1 saturated heterocycles. The number of thioether (sulfide) groups is 1. The maximum atomic E-state index is 5.36. The number of hydrogen-bond acceptors (Lipinski definition) is 2. The largest absolute Gasteiger partial charge is 0.381 e. The zero-order valence-corrected chi connectivity index (χ0v) is 10.1. The predicted molar refractivity (Wildman–Crippen MR) is 59.8 cm³/mol. The molecule has 1 unspecified atom stereocenters. The third kappa shape index (κ3) is 2.25. The van der Waals surface area contributed by atoms with E-state index < -0.39 is 0 Å². The van der Waals surface area contributed by atoms with Gasteiger partial charge in [0.15, 0.2) is 0 Å². The average molecular weight is 286 g/mol. The van der Waals surface area contributed by atoms with Crippen LogP contribution in [0.25, 0.3) is 0 Å². The van der Waals surface area contributed by atoms with E-state index >= 15 is 0 Å². The fourth-order valence-electron chi connectivity index (χ4n) is 1.48. The Morgan fingerprint density at radius 1 is 1.45 bits per heavy atom. The molecule has 11 heavy (non-hydrogen) atoms. The highest BCUT2D eigenvalue weighted by molar-refractivity contribution is 14.1. The molecule has 3 heteroatoms. The second-order valence-electron chi connectivity index (χ2n) is 3.00. The highest BCUT2D eigenvalue weighted by Crippen LogP contribution is 2.40. The first kappa shape index (κ1) is 10.1. The molecular weight excluding hydrogens is 271 g/mol. The lowest BCUT2D eigenvalue weighted by molar-refractivity contribution is 0.0787. The van der Waals surface area contributed by atoms with Crippen molar-refractivity contribution in [1.29, 1.82) is 0 Å². The second kappa shape index (κ2) is 4.33. The lowest BCUT2D eigenvalue weighted by atomic mass is 9.96.